The molecule has 11 heavy (non-hydrogen) atoms. The molecule has 0 radical (unpaired) electrons. The Morgan fingerprint density at radius 3 is 1.73 bits per heavy atom. The first-order chi connectivity index (χ1) is 5.18. The third-order valence-corrected chi connectivity index (χ3v) is 0.755. The summed E-state index contributed by atoms with van der Waals surface area (Å²) in [6.07, 6.45) is 0. The molecule has 0 heterocycles. The third kappa shape index (κ3) is 25.8. The molecule has 3 nitrogen and oxygen atoms in total. The summed E-state index contributed by atoms with van der Waals surface area (Å²) >= 11 is 0. The third-order valence-electron chi connectivity index (χ3n) is 0.755. The first-order valence-electron chi connectivity index (χ1n) is 3.98. The lowest BCUT2D eigenvalue weighted by Crippen LogP contribution is -2.00. The lowest BCUT2D eigenvalue weighted by molar-refractivity contribution is 0.122. The van der Waals surface area contributed by atoms with Crippen molar-refractivity contribution in [3.63, 3.8) is 0 Å². The fourth-order valence-corrected chi connectivity index (χ4v) is 0.354. The SMILES string of the molecule is CCOCC(C)C.OCCO. The van der Waals surface area contributed by atoms with Gasteiger partial charge in [-0.25, -0.2) is 0 Å². The topological polar surface area (TPSA) is 49.7 Å². The van der Waals surface area contributed by atoms with Gasteiger partial charge in [0.1, 0.15) is 0 Å². The van der Waals surface area contributed by atoms with Crippen LogP contribution in [-0.4, -0.2) is 36.6 Å². The minimum atomic E-state index is -0.125. The van der Waals surface area contributed by atoms with E-state index in [1.54, 1.807) is 0 Å². The maximum Gasteiger partial charge on any atom is 0.0662 e. The van der Waals surface area contributed by atoms with Gasteiger partial charge in [-0.2, -0.15) is 0 Å². The molecule has 70 valence electrons. The van der Waals surface area contributed by atoms with E-state index in [-0.39, 0.29) is 13.2 Å². The minimum absolute atomic E-state index is 0.125. The summed E-state index contributed by atoms with van der Waals surface area (Å²) < 4.78 is 5.09. The summed E-state index contributed by atoms with van der Waals surface area (Å²) in [6, 6.07) is 0. The van der Waals surface area contributed by atoms with Crippen LogP contribution in [-0.2, 0) is 4.74 Å². The van der Waals surface area contributed by atoms with Crippen LogP contribution >= 0.6 is 0 Å². The van der Waals surface area contributed by atoms with Gasteiger partial charge in [0.2, 0.25) is 0 Å². The predicted molar refractivity (Wildman–Crippen MR) is 45.5 cm³/mol. The Balaban J connectivity index is 0. The number of aliphatic hydroxyl groups is 2. The van der Waals surface area contributed by atoms with E-state index in [2.05, 4.69) is 13.8 Å². The molecule has 0 saturated heterocycles. The van der Waals surface area contributed by atoms with E-state index in [0.29, 0.717) is 5.92 Å². The Labute approximate surface area is 69.0 Å². The van der Waals surface area contributed by atoms with Gasteiger partial charge in [0.05, 0.1) is 13.2 Å². The summed E-state index contributed by atoms with van der Waals surface area (Å²) in [7, 11) is 0. The van der Waals surface area contributed by atoms with E-state index >= 15 is 0 Å². The van der Waals surface area contributed by atoms with Crippen molar-refractivity contribution in [2.45, 2.75) is 20.8 Å². The molecular weight excluding hydrogens is 144 g/mol. The van der Waals surface area contributed by atoms with E-state index in [9.17, 15) is 0 Å². The lowest BCUT2D eigenvalue weighted by Gasteiger charge is -2.01. The van der Waals surface area contributed by atoms with Crippen LogP contribution in [0.1, 0.15) is 20.8 Å². The monoisotopic (exact) mass is 164 g/mol. The van der Waals surface area contributed by atoms with Crippen molar-refractivity contribution in [1.29, 1.82) is 0 Å². The molecule has 0 amide bonds. The van der Waals surface area contributed by atoms with Gasteiger partial charge in [-0.15, -0.1) is 0 Å². The average molecular weight is 164 g/mol. The maximum absolute atomic E-state index is 7.62. The maximum atomic E-state index is 7.62. The van der Waals surface area contributed by atoms with Gasteiger partial charge in [0.15, 0.2) is 0 Å². The quantitative estimate of drug-likeness (QED) is 0.641. The largest absolute Gasteiger partial charge is 0.394 e. The van der Waals surface area contributed by atoms with Crippen molar-refractivity contribution in [3.8, 4) is 0 Å². The smallest absolute Gasteiger partial charge is 0.0662 e. The zero-order valence-corrected chi connectivity index (χ0v) is 7.71. The number of hydrogen-bond donors (Lipinski definition) is 2. The highest BCUT2D eigenvalue weighted by Crippen LogP contribution is 1.90. The normalized spacial score (nSPS) is 9.27. The molecule has 0 aliphatic heterocycles. The summed E-state index contributed by atoms with van der Waals surface area (Å²) in [5.74, 6) is 0.681. The van der Waals surface area contributed by atoms with E-state index < -0.39 is 0 Å². The van der Waals surface area contributed by atoms with E-state index in [1.165, 1.54) is 0 Å². The Morgan fingerprint density at radius 1 is 1.18 bits per heavy atom. The van der Waals surface area contributed by atoms with Crippen LogP contribution < -0.4 is 0 Å². The molecule has 0 aromatic carbocycles. The molecule has 0 aromatic rings. The highest BCUT2D eigenvalue weighted by molar-refractivity contribution is 4.36. The first kappa shape index (κ1) is 13.5. The van der Waals surface area contributed by atoms with Crippen LogP contribution in [0.5, 0.6) is 0 Å². The molecule has 3 heteroatoms. The summed E-state index contributed by atoms with van der Waals surface area (Å²) in [5.41, 5.74) is 0. The summed E-state index contributed by atoms with van der Waals surface area (Å²) in [6.45, 7) is 7.81. The van der Waals surface area contributed by atoms with E-state index in [1.807, 2.05) is 6.92 Å². The highest BCUT2D eigenvalue weighted by Gasteiger charge is 1.88. The van der Waals surface area contributed by atoms with Gasteiger partial charge in [-0.1, -0.05) is 13.8 Å². The van der Waals surface area contributed by atoms with Gasteiger partial charge >= 0.3 is 0 Å². The van der Waals surface area contributed by atoms with Crippen LogP contribution in [0.3, 0.4) is 0 Å². The Bertz CT molecular complexity index is 53.3. The van der Waals surface area contributed by atoms with Crippen LogP contribution in [0.2, 0.25) is 0 Å². The van der Waals surface area contributed by atoms with Crippen LogP contribution in [0, 0.1) is 5.92 Å². The summed E-state index contributed by atoms with van der Waals surface area (Å²) in [5, 5.41) is 15.2. The van der Waals surface area contributed by atoms with Crippen molar-refractivity contribution >= 4 is 0 Å². The molecule has 0 aliphatic carbocycles. The molecule has 0 bridgehead atoms. The van der Waals surface area contributed by atoms with Crippen molar-refractivity contribution in [2.75, 3.05) is 26.4 Å². The minimum Gasteiger partial charge on any atom is -0.394 e. The molecule has 2 N–H and O–H groups in total. The molecular formula is C8H20O3. The Kier molecular flexibility index (Phi) is 15.4. The molecule has 0 unspecified atom stereocenters. The number of aliphatic hydroxyl groups excluding tert-OH is 2. The van der Waals surface area contributed by atoms with Gasteiger partial charge < -0.3 is 14.9 Å². The molecule has 0 rings (SSSR count). The molecule has 0 aromatic heterocycles. The van der Waals surface area contributed by atoms with Gasteiger partial charge in [-0.3, -0.25) is 0 Å². The fraction of sp³-hybridized carbons (Fsp3) is 1.00. The van der Waals surface area contributed by atoms with Crippen LogP contribution in [0.25, 0.3) is 0 Å². The zero-order valence-electron chi connectivity index (χ0n) is 7.71. The van der Waals surface area contributed by atoms with Crippen molar-refractivity contribution in [1.82, 2.24) is 0 Å². The Morgan fingerprint density at radius 2 is 1.64 bits per heavy atom. The Hall–Kier alpha value is -0.120. The van der Waals surface area contributed by atoms with Crippen LogP contribution in [0.15, 0.2) is 0 Å². The van der Waals surface area contributed by atoms with Gasteiger partial charge in [0.25, 0.3) is 0 Å². The molecule has 0 fully saturated rings. The molecule has 0 atom stereocenters. The van der Waals surface area contributed by atoms with E-state index in [4.69, 9.17) is 14.9 Å². The number of ether oxygens (including phenoxy) is 1. The van der Waals surface area contributed by atoms with Crippen molar-refractivity contribution < 1.29 is 14.9 Å². The zero-order chi connectivity index (χ0) is 9.11. The number of rotatable bonds is 4. The second kappa shape index (κ2) is 12.5. The van der Waals surface area contributed by atoms with Crippen molar-refractivity contribution in [2.24, 2.45) is 5.92 Å². The second-order valence-corrected chi connectivity index (χ2v) is 2.50. The standard InChI is InChI=1S/C6H14O.C2H6O2/c1-4-7-5-6(2)3;3-1-2-4/h6H,4-5H2,1-3H3;3-4H,1-2H2. The molecule has 0 saturated carbocycles. The second-order valence-electron chi connectivity index (χ2n) is 2.50. The predicted octanol–water partition coefficient (Wildman–Crippen LogP) is 0.650. The molecule has 0 spiro atoms. The van der Waals surface area contributed by atoms with Crippen LogP contribution in [0.4, 0.5) is 0 Å². The molecule has 0 aliphatic rings. The highest BCUT2D eigenvalue weighted by atomic mass is 16.5. The number of hydrogen-bond acceptors (Lipinski definition) is 3. The first-order valence-corrected chi connectivity index (χ1v) is 3.98. The van der Waals surface area contributed by atoms with Gasteiger partial charge in [-0.05, 0) is 12.8 Å². The summed E-state index contributed by atoms with van der Waals surface area (Å²) in [4.78, 5) is 0. The average Bonchev–Trinajstić information content (AvgIpc) is 2.01. The van der Waals surface area contributed by atoms with Crippen molar-refractivity contribution in [3.05, 3.63) is 0 Å². The fourth-order valence-electron chi connectivity index (χ4n) is 0.354. The lowest BCUT2D eigenvalue weighted by atomic mass is 10.2. The van der Waals surface area contributed by atoms with Gasteiger partial charge in [0, 0.05) is 13.2 Å². The van der Waals surface area contributed by atoms with E-state index in [0.717, 1.165) is 13.2 Å².